The van der Waals surface area contributed by atoms with Crippen molar-refractivity contribution in [3.05, 3.63) is 47.5 Å². The molecule has 0 unspecified atom stereocenters. The first-order chi connectivity index (χ1) is 12.8. The average Bonchev–Trinajstić information content (AvgIpc) is 2.72. The van der Waals surface area contributed by atoms with E-state index in [1.807, 2.05) is 13.8 Å². The van der Waals surface area contributed by atoms with Crippen LogP contribution in [0.3, 0.4) is 0 Å². The van der Waals surface area contributed by atoms with E-state index in [-0.39, 0.29) is 18.4 Å². The number of hydrogen-bond acceptors (Lipinski definition) is 4. The van der Waals surface area contributed by atoms with Gasteiger partial charge in [0, 0.05) is 17.8 Å². The van der Waals surface area contributed by atoms with Gasteiger partial charge in [0.15, 0.2) is 6.61 Å². The number of nitrogens with zero attached hydrogens (tertiary/aromatic N) is 1. The van der Waals surface area contributed by atoms with E-state index >= 15 is 0 Å². The van der Waals surface area contributed by atoms with Gasteiger partial charge in [-0.2, -0.15) is 0 Å². The van der Waals surface area contributed by atoms with Crippen molar-refractivity contribution in [2.24, 2.45) is 5.41 Å². The number of carbonyl (C=O) groups is 2. The standard InChI is InChI=1S/C20H21ClN2O4/c1-20(2)12-27-17-9-6-14(10-16(17)23(3)19(20)25)22-18(24)11-26-15-7-4-13(21)5-8-15/h4-10H,11-12H2,1-3H3,(H,22,24). The molecule has 0 radical (unpaired) electrons. The third-order valence-electron chi connectivity index (χ3n) is 4.26. The summed E-state index contributed by atoms with van der Waals surface area (Å²) in [5.74, 6) is 0.800. The Morgan fingerprint density at radius 2 is 1.96 bits per heavy atom. The second-order valence-electron chi connectivity index (χ2n) is 7.01. The maximum Gasteiger partial charge on any atom is 0.262 e. The van der Waals surface area contributed by atoms with E-state index in [4.69, 9.17) is 21.1 Å². The van der Waals surface area contributed by atoms with Crippen LogP contribution < -0.4 is 19.7 Å². The van der Waals surface area contributed by atoms with Gasteiger partial charge in [0.05, 0.1) is 11.1 Å². The molecular formula is C20H21ClN2O4. The summed E-state index contributed by atoms with van der Waals surface area (Å²) in [4.78, 5) is 26.3. The number of anilines is 2. The van der Waals surface area contributed by atoms with Gasteiger partial charge in [0.1, 0.15) is 18.1 Å². The van der Waals surface area contributed by atoms with Crippen LogP contribution in [-0.4, -0.2) is 32.1 Å². The van der Waals surface area contributed by atoms with Crippen molar-refractivity contribution in [3.63, 3.8) is 0 Å². The quantitative estimate of drug-likeness (QED) is 0.866. The molecule has 0 saturated carbocycles. The van der Waals surface area contributed by atoms with Gasteiger partial charge in [0.25, 0.3) is 5.91 Å². The van der Waals surface area contributed by atoms with Crippen LogP contribution >= 0.6 is 11.6 Å². The fourth-order valence-corrected chi connectivity index (χ4v) is 2.87. The Labute approximate surface area is 163 Å². The largest absolute Gasteiger partial charge is 0.490 e. The summed E-state index contributed by atoms with van der Waals surface area (Å²) < 4.78 is 11.2. The molecule has 3 rings (SSSR count). The van der Waals surface area contributed by atoms with Gasteiger partial charge in [0.2, 0.25) is 5.91 Å². The first kappa shape index (κ1) is 19.0. The Balaban J connectivity index is 1.68. The molecule has 2 aromatic carbocycles. The van der Waals surface area contributed by atoms with Crippen molar-refractivity contribution in [1.82, 2.24) is 0 Å². The van der Waals surface area contributed by atoms with Gasteiger partial charge in [-0.05, 0) is 56.3 Å². The molecule has 0 atom stereocenters. The average molecular weight is 389 g/mol. The number of carbonyl (C=O) groups excluding carboxylic acids is 2. The van der Waals surface area contributed by atoms with Crippen LogP contribution in [0.2, 0.25) is 5.02 Å². The molecule has 27 heavy (non-hydrogen) atoms. The van der Waals surface area contributed by atoms with Crippen molar-refractivity contribution in [1.29, 1.82) is 0 Å². The smallest absolute Gasteiger partial charge is 0.262 e. The molecule has 1 heterocycles. The number of ether oxygens (including phenoxy) is 2. The molecule has 0 bridgehead atoms. The summed E-state index contributed by atoms with van der Waals surface area (Å²) in [5.41, 5.74) is 0.548. The third kappa shape index (κ3) is 4.34. The van der Waals surface area contributed by atoms with E-state index in [1.54, 1.807) is 54.4 Å². The minimum atomic E-state index is -0.621. The Kier molecular flexibility index (Phi) is 5.28. The molecule has 0 fully saturated rings. The summed E-state index contributed by atoms with van der Waals surface area (Å²) in [5, 5.41) is 3.36. The van der Waals surface area contributed by atoms with Gasteiger partial charge in [-0.15, -0.1) is 0 Å². The highest BCUT2D eigenvalue weighted by Gasteiger charge is 2.36. The molecule has 6 nitrogen and oxygen atoms in total. The van der Waals surface area contributed by atoms with Crippen LogP contribution in [0.25, 0.3) is 0 Å². The minimum Gasteiger partial charge on any atom is -0.490 e. The lowest BCUT2D eigenvalue weighted by Gasteiger charge is -2.24. The maximum absolute atomic E-state index is 12.6. The number of halogens is 1. The monoisotopic (exact) mass is 388 g/mol. The van der Waals surface area contributed by atoms with Crippen LogP contribution in [-0.2, 0) is 9.59 Å². The molecular weight excluding hydrogens is 368 g/mol. The number of nitrogens with one attached hydrogen (secondary N) is 1. The van der Waals surface area contributed by atoms with Crippen LogP contribution in [0.1, 0.15) is 13.8 Å². The number of hydrogen-bond donors (Lipinski definition) is 1. The van der Waals surface area contributed by atoms with E-state index in [2.05, 4.69) is 5.32 Å². The zero-order valence-corrected chi connectivity index (χ0v) is 16.2. The fraction of sp³-hybridized carbons (Fsp3) is 0.300. The highest BCUT2D eigenvalue weighted by molar-refractivity contribution is 6.30. The predicted molar refractivity (Wildman–Crippen MR) is 105 cm³/mol. The van der Waals surface area contributed by atoms with Gasteiger partial charge in [-0.25, -0.2) is 0 Å². The van der Waals surface area contributed by atoms with E-state index in [9.17, 15) is 9.59 Å². The van der Waals surface area contributed by atoms with Gasteiger partial charge >= 0.3 is 0 Å². The second-order valence-corrected chi connectivity index (χ2v) is 7.45. The Hall–Kier alpha value is -2.73. The third-order valence-corrected chi connectivity index (χ3v) is 4.51. The summed E-state index contributed by atoms with van der Waals surface area (Å²) >= 11 is 5.82. The molecule has 142 valence electrons. The van der Waals surface area contributed by atoms with Crippen LogP contribution in [0.5, 0.6) is 11.5 Å². The summed E-state index contributed by atoms with van der Waals surface area (Å²) in [7, 11) is 1.70. The first-order valence-corrected chi connectivity index (χ1v) is 8.87. The Morgan fingerprint density at radius 3 is 2.67 bits per heavy atom. The highest BCUT2D eigenvalue weighted by atomic mass is 35.5. The summed E-state index contributed by atoms with van der Waals surface area (Å²) in [6.45, 7) is 3.84. The van der Waals surface area contributed by atoms with Crippen LogP contribution in [0.4, 0.5) is 11.4 Å². The summed E-state index contributed by atoms with van der Waals surface area (Å²) in [6, 6.07) is 12.0. The Morgan fingerprint density at radius 1 is 1.26 bits per heavy atom. The number of rotatable bonds is 4. The number of amides is 2. The lowest BCUT2D eigenvalue weighted by Crippen LogP contribution is -2.39. The van der Waals surface area contributed by atoms with Crippen molar-refractivity contribution in [3.8, 4) is 11.5 Å². The van der Waals surface area contributed by atoms with E-state index in [0.717, 1.165) is 0 Å². The molecule has 0 aromatic heterocycles. The van der Waals surface area contributed by atoms with Gasteiger partial charge < -0.3 is 19.7 Å². The van der Waals surface area contributed by atoms with Crippen molar-refractivity contribution < 1.29 is 19.1 Å². The molecule has 1 aliphatic rings. The molecule has 0 spiro atoms. The van der Waals surface area contributed by atoms with Crippen molar-refractivity contribution in [2.45, 2.75) is 13.8 Å². The Bertz CT molecular complexity index is 865. The number of benzene rings is 2. The van der Waals surface area contributed by atoms with Crippen molar-refractivity contribution in [2.75, 3.05) is 30.5 Å². The first-order valence-electron chi connectivity index (χ1n) is 8.49. The number of fused-ring (bicyclic) bond motifs is 1. The SMILES string of the molecule is CN1C(=O)C(C)(C)COc2ccc(NC(=O)COc3ccc(Cl)cc3)cc21. The molecule has 1 N–H and O–H groups in total. The second kappa shape index (κ2) is 7.48. The predicted octanol–water partition coefficient (Wildman–Crippen LogP) is 3.74. The zero-order chi connectivity index (χ0) is 19.6. The highest BCUT2D eigenvalue weighted by Crippen LogP contribution is 2.37. The molecule has 0 saturated heterocycles. The molecule has 7 heteroatoms. The fourth-order valence-electron chi connectivity index (χ4n) is 2.74. The maximum atomic E-state index is 12.6. The molecule has 1 aliphatic heterocycles. The van der Waals surface area contributed by atoms with E-state index in [0.29, 0.717) is 34.5 Å². The normalized spacial score (nSPS) is 15.4. The van der Waals surface area contributed by atoms with E-state index in [1.165, 1.54) is 0 Å². The molecule has 2 aromatic rings. The van der Waals surface area contributed by atoms with E-state index < -0.39 is 5.41 Å². The van der Waals surface area contributed by atoms with Crippen LogP contribution in [0.15, 0.2) is 42.5 Å². The topological polar surface area (TPSA) is 67.9 Å². The molecule has 0 aliphatic carbocycles. The minimum absolute atomic E-state index is 0.0456. The van der Waals surface area contributed by atoms with Crippen molar-refractivity contribution >= 4 is 34.8 Å². The lowest BCUT2D eigenvalue weighted by atomic mass is 9.93. The van der Waals surface area contributed by atoms with Crippen LogP contribution in [0, 0.1) is 5.41 Å². The lowest BCUT2D eigenvalue weighted by molar-refractivity contribution is -0.127. The summed E-state index contributed by atoms with van der Waals surface area (Å²) in [6.07, 6.45) is 0. The van der Waals surface area contributed by atoms with Gasteiger partial charge in [-0.1, -0.05) is 11.6 Å². The van der Waals surface area contributed by atoms with Gasteiger partial charge in [-0.3, -0.25) is 9.59 Å². The zero-order valence-electron chi connectivity index (χ0n) is 15.4. The molecule has 2 amide bonds.